The topological polar surface area (TPSA) is 27.3 Å². The molecule has 0 aliphatic heterocycles. The van der Waals surface area contributed by atoms with E-state index >= 15 is 0 Å². The summed E-state index contributed by atoms with van der Waals surface area (Å²) in [7, 11) is 0. The van der Waals surface area contributed by atoms with Crippen molar-refractivity contribution in [1.29, 1.82) is 0 Å². The van der Waals surface area contributed by atoms with Crippen molar-refractivity contribution in [3.05, 3.63) is 54.6 Å². The van der Waals surface area contributed by atoms with Crippen molar-refractivity contribution >= 4 is 23.0 Å². The maximum atomic E-state index is 5.54. The summed E-state index contributed by atoms with van der Waals surface area (Å²) in [6.07, 6.45) is 2.29. The smallest absolute Gasteiger partial charge is 0.171 e. The first-order chi connectivity index (χ1) is 12.6. The molecular formula is C22H31N3S. The Balaban J connectivity index is 1.88. The molecule has 0 aliphatic carbocycles. The van der Waals surface area contributed by atoms with Crippen LogP contribution in [0.2, 0.25) is 0 Å². The number of hydrogen-bond acceptors (Lipinski definition) is 2. The molecule has 0 aromatic heterocycles. The highest BCUT2D eigenvalue weighted by atomic mass is 32.1. The van der Waals surface area contributed by atoms with Gasteiger partial charge in [-0.3, -0.25) is 0 Å². The van der Waals surface area contributed by atoms with Crippen molar-refractivity contribution < 1.29 is 0 Å². The van der Waals surface area contributed by atoms with E-state index in [4.69, 9.17) is 12.2 Å². The van der Waals surface area contributed by atoms with Crippen LogP contribution in [-0.2, 0) is 0 Å². The van der Waals surface area contributed by atoms with E-state index in [-0.39, 0.29) is 0 Å². The van der Waals surface area contributed by atoms with Crippen LogP contribution in [0.25, 0.3) is 11.1 Å². The third-order valence-corrected chi connectivity index (χ3v) is 4.86. The predicted molar refractivity (Wildman–Crippen MR) is 118 cm³/mol. The maximum Gasteiger partial charge on any atom is 0.171 e. The fraction of sp³-hybridized carbons (Fsp3) is 0.409. The Labute approximate surface area is 163 Å². The minimum Gasteiger partial charge on any atom is -0.360 e. The first-order valence-electron chi connectivity index (χ1n) is 9.58. The second-order valence-electron chi connectivity index (χ2n) is 6.58. The first-order valence-corrected chi connectivity index (χ1v) is 9.99. The molecule has 2 aromatic carbocycles. The van der Waals surface area contributed by atoms with E-state index in [1.165, 1.54) is 12.0 Å². The van der Waals surface area contributed by atoms with Gasteiger partial charge in [0.1, 0.15) is 0 Å². The molecule has 4 heteroatoms. The van der Waals surface area contributed by atoms with E-state index in [0.29, 0.717) is 11.2 Å². The molecule has 1 unspecified atom stereocenters. The Morgan fingerprint density at radius 1 is 1.00 bits per heavy atom. The van der Waals surface area contributed by atoms with Gasteiger partial charge in [-0.05, 0) is 63.2 Å². The van der Waals surface area contributed by atoms with Gasteiger partial charge in [-0.2, -0.15) is 0 Å². The fourth-order valence-corrected chi connectivity index (χ4v) is 3.39. The molecule has 140 valence electrons. The van der Waals surface area contributed by atoms with Crippen molar-refractivity contribution in [3.8, 4) is 11.1 Å². The second-order valence-corrected chi connectivity index (χ2v) is 6.99. The Kier molecular flexibility index (Phi) is 8.59. The van der Waals surface area contributed by atoms with Crippen LogP contribution in [0.4, 0.5) is 5.69 Å². The third kappa shape index (κ3) is 6.43. The number of thiocarbonyl (C=S) groups is 1. The molecule has 2 rings (SSSR count). The van der Waals surface area contributed by atoms with Gasteiger partial charge in [-0.15, -0.1) is 0 Å². The van der Waals surface area contributed by atoms with E-state index in [0.717, 1.165) is 37.3 Å². The van der Waals surface area contributed by atoms with Crippen molar-refractivity contribution in [1.82, 2.24) is 10.2 Å². The summed E-state index contributed by atoms with van der Waals surface area (Å²) in [6, 6.07) is 19.0. The number of nitrogens with one attached hydrogen (secondary N) is 2. The lowest BCUT2D eigenvalue weighted by Gasteiger charge is -2.21. The highest BCUT2D eigenvalue weighted by Gasteiger charge is 2.09. The highest BCUT2D eigenvalue weighted by molar-refractivity contribution is 7.80. The molecule has 2 aromatic rings. The summed E-state index contributed by atoms with van der Waals surface area (Å²) in [5.74, 6) is 0. The Morgan fingerprint density at radius 3 is 2.35 bits per heavy atom. The monoisotopic (exact) mass is 369 g/mol. The minimum absolute atomic E-state index is 0.356. The highest BCUT2D eigenvalue weighted by Crippen LogP contribution is 2.27. The number of nitrogens with zero attached hydrogens (tertiary/aromatic N) is 1. The van der Waals surface area contributed by atoms with Gasteiger partial charge < -0.3 is 15.5 Å². The van der Waals surface area contributed by atoms with Crippen LogP contribution in [0, 0.1) is 0 Å². The van der Waals surface area contributed by atoms with Crippen LogP contribution in [0.5, 0.6) is 0 Å². The van der Waals surface area contributed by atoms with E-state index in [2.05, 4.69) is 78.8 Å². The van der Waals surface area contributed by atoms with Crippen molar-refractivity contribution in [2.24, 2.45) is 0 Å². The van der Waals surface area contributed by atoms with Gasteiger partial charge in [-0.1, -0.05) is 62.4 Å². The summed E-state index contributed by atoms with van der Waals surface area (Å²) in [6.45, 7) is 10.0. The Morgan fingerprint density at radius 2 is 1.65 bits per heavy atom. The minimum atomic E-state index is 0.356. The first kappa shape index (κ1) is 20.4. The number of rotatable bonds is 9. The number of benzene rings is 2. The van der Waals surface area contributed by atoms with Crippen molar-refractivity contribution in [3.63, 3.8) is 0 Å². The van der Waals surface area contributed by atoms with Crippen LogP contribution in [0.3, 0.4) is 0 Å². The molecule has 0 spiro atoms. The average molecular weight is 370 g/mol. The standard InChI is InChI=1S/C22H31N3S/c1-4-25(5-2)17-11-12-18(3)23-22(26)24-21-16-10-9-15-20(21)19-13-7-6-8-14-19/h6-10,13-16,18H,4-5,11-12,17H2,1-3H3,(H2,23,24,26). The lowest BCUT2D eigenvalue weighted by atomic mass is 10.0. The van der Waals surface area contributed by atoms with E-state index in [9.17, 15) is 0 Å². The quantitative estimate of drug-likeness (QED) is 0.598. The molecular weight excluding hydrogens is 338 g/mol. The molecule has 0 aliphatic rings. The van der Waals surface area contributed by atoms with Crippen LogP contribution in [0.15, 0.2) is 54.6 Å². The summed E-state index contributed by atoms with van der Waals surface area (Å²) in [4.78, 5) is 2.46. The number of para-hydroxylation sites is 1. The largest absolute Gasteiger partial charge is 0.360 e. The zero-order chi connectivity index (χ0) is 18.8. The Hall–Kier alpha value is -1.91. The van der Waals surface area contributed by atoms with Gasteiger partial charge in [0.15, 0.2) is 5.11 Å². The molecule has 0 saturated heterocycles. The molecule has 0 radical (unpaired) electrons. The molecule has 0 saturated carbocycles. The molecule has 0 amide bonds. The molecule has 26 heavy (non-hydrogen) atoms. The van der Waals surface area contributed by atoms with Crippen LogP contribution in [0.1, 0.15) is 33.6 Å². The zero-order valence-corrected chi connectivity index (χ0v) is 17.0. The van der Waals surface area contributed by atoms with Gasteiger partial charge >= 0.3 is 0 Å². The van der Waals surface area contributed by atoms with E-state index < -0.39 is 0 Å². The second kappa shape index (κ2) is 10.9. The van der Waals surface area contributed by atoms with Gasteiger partial charge in [0.25, 0.3) is 0 Å². The lowest BCUT2D eigenvalue weighted by Crippen LogP contribution is -2.36. The average Bonchev–Trinajstić information content (AvgIpc) is 2.66. The molecule has 0 heterocycles. The van der Waals surface area contributed by atoms with Gasteiger partial charge in [-0.25, -0.2) is 0 Å². The Bertz CT molecular complexity index is 668. The van der Waals surface area contributed by atoms with Crippen LogP contribution < -0.4 is 10.6 Å². The molecule has 0 fully saturated rings. The van der Waals surface area contributed by atoms with Crippen LogP contribution >= 0.6 is 12.2 Å². The number of anilines is 1. The third-order valence-electron chi connectivity index (χ3n) is 4.64. The lowest BCUT2D eigenvalue weighted by molar-refractivity contribution is 0.293. The fourth-order valence-electron chi connectivity index (χ4n) is 3.08. The number of hydrogen-bond donors (Lipinski definition) is 2. The summed E-state index contributed by atoms with van der Waals surface area (Å²) < 4.78 is 0. The molecule has 3 nitrogen and oxygen atoms in total. The van der Waals surface area contributed by atoms with E-state index in [1.54, 1.807) is 0 Å². The molecule has 0 bridgehead atoms. The summed E-state index contributed by atoms with van der Waals surface area (Å²) >= 11 is 5.54. The zero-order valence-electron chi connectivity index (χ0n) is 16.2. The summed E-state index contributed by atoms with van der Waals surface area (Å²) in [5, 5.41) is 7.47. The normalized spacial score (nSPS) is 12.0. The van der Waals surface area contributed by atoms with Gasteiger partial charge in [0.05, 0.1) is 0 Å². The molecule has 2 N–H and O–H groups in total. The maximum absolute atomic E-state index is 5.54. The van der Waals surface area contributed by atoms with Crippen LogP contribution in [-0.4, -0.2) is 35.7 Å². The van der Waals surface area contributed by atoms with Crippen molar-refractivity contribution in [2.45, 2.75) is 39.7 Å². The molecule has 1 atom stereocenters. The summed E-state index contributed by atoms with van der Waals surface area (Å²) in [5.41, 5.74) is 3.38. The van der Waals surface area contributed by atoms with E-state index in [1.807, 2.05) is 12.1 Å². The van der Waals surface area contributed by atoms with Gasteiger partial charge in [0.2, 0.25) is 0 Å². The van der Waals surface area contributed by atoms with Gasteiger partial charge in [0, 0.05) is 17.3 Å². The van der Waals surface area contributed by atoms with Crippen molar-refractivity contribution in [2.75, 3.05) is 25.0 Å². The SMILES string of the molecule is CCN(CC)CCCC(C)NC(=S)Nc1ccccc1-c1ccccc1. The predicted octanol–water partition coefficient (Wildman–Crippen LogP) is 5.15.